The standard InChI is InChI=1S/C10H5F3N2O2.2H2/c11-4-1-3(2-5(12)6(4)13)15-8-7(14)9(16)10(8)17;;/h1-2,15H,14H2;2*1H. The van der Waals surface area contributed by atoms with Gasteiger partial charge in [-0.05, 0) is 0 Å². The molecule has 0 atom stereocenters. The maximum atomic E-state index is 12.8. The summed E-state index contributed by atoms with van der Waals surface area (Å²) in [5.74, 6) is -4.44. The highest BCUT2D eigenvalue weighted by atomic mass is 19.2. The zero-order valence-corrected chi connectivity index (χ0v) is 8.18. The molecular formula is C10H9F3N2O2. The maximum absolute atomic E-state index is 12.8. The van der Waals surface area contributed by atoms with Crippen LogP contribution in [0.3, 0.4) is 0 Å². The summed E-state index contributed by atoms with van der Waals surface area (Å²) in [4.78, 5) is 21.8. The van der Waals surface area contributed by atoms with Gasteiger partial charge in [0.2, 0.25) is 0 Å². The molecule has 4 nitrogen and oxygen atoms in total. The van der Waals surface area contributed by atoms with Crippen LogP contribution in [0.1, 0.15) is 2.85 Å². The number of hydrogen-bond donors (Lipinski definition) is 2. The third kappa shape index (κ3) is 1.65. The minimum Gasteiger partial charge on any atom is -0.394 e. The molecular weight excluding hydrogens is 237 g/mol. The highest BCUT2D eigenvalue weighted by Gasteiger charge is 2.19. The first-order valence-electron chi connectivity index (χ1n) is 4.42. The minimum absolute atomic E-state index is 0. The van der Waals surface area contributed by atoms with Gasteiger partial charge in [0.25, 0.3) is 10.9 Å². The molecule has 7 heteroatoms. The van der Waals surface area contributed by atoms with Crippen molar-refractivity contribution in [1.82, 2.24) is 0 Å². The summed E-state index contributed by atoms with van der Waals surface area (Å²) < 4.78 is 38.3. The maximum Gasteiger partial charge on any atom is 0.253 e. The average molecular weight is 246 g/mol. The van der Waals surface area contributed by atoms with E-state index in [9.17, 15) is 22.8 Å². The van der Waals surface area contributed by atoms with Gasteiger partial charge in [0, 0.05) is 20.7 Å². The lowest BCUT2D eigenvalue weighted by Crippen LogP contribution is -2.36. The molecule has 0 aliphatic carbocycles. The van der Waals surface area contributed by atoms with Crippen LogP contribution in [0, 0.1) is 17.5 Å². The molecule has 92 valence electrons. The molecule has 0 aliphatic rings. The van der Waals surface area contributed by atoms with Gasteiger partial charge in [0.15, 0.2) is 17.5 Å². The molecule has 2 aromatic carbocycles. The van der Waals surface area contributed by atoms with Crippen LogP contribution in [-0.2, 0) is 0 Å². The first kappa shape index (κ1) is 11.2. The minimum atomic E-state index is -1.62. The molecule has 0 saturated carbocycles. The molecule has 0 aromatic heterocycles. The third-order valence-electron chi connectivity index (χ3n) is 2.20. The summed E-state index contributed by atoms with van der Waals surface area (Å²) in [6.45, 7) is 0. The van der Waals surface area contributed by atoms with Crippen LogP contribution in [-0.4, -0.2) is 0 Å². The van der Waals surface area contributed by atoms with Crippen LogP contribution >= 0.6 is 0 Å². The van der Waals surface area contributed by atoms with Gasteiger partial charge in [0.05, 0.1) is 0 Å². The number of benzene rings is 1. The van der Waals surface area contributed by atoms with Crippen LogP contribution in [0.15, 0.2) is 21.7 Å². The lowest BCUT2D eigenvalue weighted by molar-refractivity contribution is 0.448. The van der Waals surface area contributed by atoms with Gasteiger partial charge in [0.1, 0.15) is 11.4 Å². The molecule has 0 spiro atoms. The van der Waals surface area contributed by atoms with E-state index in [1.807, 2.05) is 0 Å². The average Bonchev–Trinajstić information content (AvgIpc) is 2.31. The first-order chi connectivity index (χ1) is 7.91. The number of anilines is 3. The Morgan fingerprint density at radius 2 is 1.59 bits per heavy atom. The molecule has 0 heterocycles. The molecule has 2 rings (SSSR count). The van der Waals surface area contributed by atoms with Gasteiger partial charge >= 0.3 is 0 Å². The quantitative estimate of drug-likeness (QED) is 0.622. The summed E-state index contributed by atoms with van der Waals surface area (Å²) in [7, 11) is 0. The molecule has 0 radical (unpaired) electrons. The van der Waals surface area contributed by atoms with E-state index in [0.29, 0.717) is 12.1 Å². The van der Waals surface area contributed by atoms with Crippen molar-refractivity contribution in [1.29, 1.82) is 0 Å². The largest absolute Gasteiger partial charge is 0.394 e. The number of nitrogens with one attached hydrogen (secondary N) is 1. The zero-order chi connectivity index (χ0) is 12.7. The molecule has 0 unspecified atom stereocenters. The van der Waals surface area contributed by atoms with E-state index in [4.69, 9.17) is 5.73 Å². The Hall–Kier alpha value is -2.31. The van der Waals surface area contributed by atoms with Crippen molar-refractivity contribution in [3.05, 3.63) is 50.0 Å². The van der Waals surface area contributed by atoms with Gasteiger partial charge in [-0.25, -0.2) is 13.2 Å². The van der Waals surface area contributed by atoms with Crippen molar-refractivity contribution in [2.75, 3.05) is 11.1 Å². The summed E-state index contributed by atoms with van der Waals surface area (Å²) in [5, 5.41) is 2.25. The molecule has 0 aliphatic heterocycles. The van der Waals surface area contributed by atoms with Crippen LogP contribution < -0.4 is 21.9 Å². The van der Waals surface area contributed by atoms with Crippen LogP contribution in [0.2, 0.25) is 0 Å². The van der Waals surface area contributed by atoms with Gasteiger partial charge in [-0.2, -0.15) is 0 Å². The fourth-order valence-corrected chi connectivity index (χ4v) is 1.31. The molecule has 0 saturated heterocycles. The van der Waals surface area contributed by atoms with E-state index in [0.717, 1.165) is 0 Å². The Labute approximate surface area is 95.1 Å². The summed E-state index contributed by atoms with van der Waals surface area (Å²) >= 11 is 0. The Bertz CT molecular complexity index is 661. The van der Waals surface area contributed by atoms with Crippen molar-refractivity contribution < 1.29 is 16.0 Å². The predicted octanol–water partition coefficient (Wildman–Crippen LogP) is 1.52. The van der Waals surface area contributed by atoms with E-state index in [1.54, 1.807) is 0 Å². The van der Waals surface area contributed by atoms with Crippen molar-refractivity contribution in [2.24, 2.45) is 0 Å². The van der Waals surface area contributed by atoms with Crippen LogP contribution in [0.25, 0.3) is 0 Å². The fourth-order valence-electron chi connectivity index (χ4n) is 1.31. The molecule has 0 amide bonds. The molecule has 0 bridgehead atoms. The molecule has 17 heavy (non-hydrogen) atoms. The number of halogens is 3. The van der Waals surface area contributed by atoms with Crippen LogP contribution in [0.4, 0.5) is 30.2 Å². The first-order valence-corrected chi connectivity index (χ1v) is 4.42. The summed E-state index contributed by atoms with van der Waals surface area (Å²) in [5.41, 5.74) is 2.67. The monoisotopic (exact) mass is 246 g/mol. The second-order valence-corrected chi connectivity index (χ2v) is 3.33. The van der Waals surface area contributed by atoms with Crippen molar-refractivity contribution in [3.8, 4) is 0 Å². The number of hydrogen-bond acceptors (Lipinski definition) is 4. The summed E-state index contributed by atoms with van der Waals surface area (Å²) in [6, 6.07) is 1.30. The third-order valence-corrected chi connectivity index (χ3v) is 2.20. The normalized spacial score (nSPS) is 10.8. The van der Waals surface area contributed by atoms with E-state index < -0.39 is 28.3 Å². The smallest absolute Gasteiger partial charge is 0.253 e. The SMILES string of the molecule is Nc1c(Nc2cc(F)c(F)c(F)c2)c(=O)c1=O.[HH].[HH]. The Kier molecular flexibility index (Phi) is 2.38. The lowest BCUT2D eigenvalue weighted by atomic mass is 10.2. The highest BCUT2D eigenvalue weighted by Crippen LogP contribution is 2.22. The van der Waals surface area contributed by atoms with Crippen molar-refractivity contribution in [3.63, 3.8) is 0 Å². The number of nitrogens with two attached hydrogens (primary N) is 1. The van der Waals surface area contributed by atoms with Gasteiger partial charge < -0.3 is 11.1 Å². The van der Waals surface area contributed by atoms with Gasteiger partial charge in [-0.1, -0.05) is 0 Å². The Morgan fingerprint density at radius 1 is 1.06 bits per heavy atom. The number of nitrogen functional groups attached to an aromatic ring is 1. The Morgan fingerprint density at radius 3 is 2.06 bits per heavy atom. The van der Waals surface area contributed by atoms with Crippen LogP contribution in [0.5, 0.6) is 0 Å². The summed E-state index contributed by atoms with van der Waals surface area (Å²) in [6.07, 6.45) is 0. The predicted molar refractivity (Wildman–Crippen MR) is 59.6 cm³/mol. The number of rotatable bonds is 2. The second kappa shape index (κ2) is 3.62. The van der Waals surface area contributed by atoms with Crippen molar-refractivity contribution in [2.45, 2.75) is 0 Å². The van der Waals surface area contributed by atoms with Gasteiger partial charge in [-0.15, -0.1) is 0 Å². The second-order valence-electron chi connectivity index (χ2n) is 3.33. The fraction of sp³-hybridized carbons (Fsp3) is 0. The lowest BCUT2D eigenvalue weighted by Gasteiger charge is -2.10. The van der Waals surface area contributed by atoms with E-state index in [2.05, 4.69) is 5.32 Å². The molecule has 0 fully saturated rings. The highest BCUT2D eigenvalue weighted by molar-refractivity contribution is 5.76. The molecule has 2 aromatic rings. The van der Waals surface area contributed by atoms with E-state index in [1.165, 1.54) is 0 Å². The van der Waals surface area contributed by atoms with E-state index in [-0.39, 0.29) is 19.9 Å². The zero-order valence-electron chi connectivity index (χ0n) is 8.18. The Balaban J connectivity index is 0.00000162. The van der Waals surface area contributed by atoms with Crippen molar-refractivity contribution >= 4 is 17.1 Å². The van der Waals surface area contributed by atoms with Gasteiger partial charge in [-0.3, -0.25) is 9.59 Å². The van der Waals surface area contributed by atoms with E-state index >= 15 is 0 Å². The topological polar surface area (TPSA) is 72.2 Å². The molecule has 3 N–H and O–H groups in total.